The summed E-state index contributed by atoms with van der Waals surface area (Å²) in [6.45, 7) is 0.422. The minimum Gasteiger partial charge on any atom is -0.392 e. The third-order valence-electron chi connectivity index (χ3n) is 7.67. The Morgan fingerprint density at radius 2 is 1.66 bits per heavy atom. The Hall–Kier alpha value is -4.28. The maximum absolute atomic E-state index is 12.6. The second-order valence-electron chi connectivity index (χ2n) is 10.7. The number of nitrogens with one attached hydrogen (secondary N) is 1. The highest BCUT2D eigenvalue weighted by atomic mass is 32.2. The summed E-state index contributed by atoms with van der Waals surface area (Å²) in [5.74, 6) is 0.604. The van der Waals surface area contributed by atoms with Gasteiger partial charge in [-0.15, -0.1) is 10.2 Å². The molecule has 5 aromatic rings. The highest BCUT2D eigenvalue weighted by Crippen LogP contribution is 2.40. The largest absolute Gasteiger partial charge is 0.392 e. The zero-order valence-corrected chi connectivity index (χ0v) is 25.2. The van der Waals surface area contributed by atoms with E-state index in [9.17, 15) is 9.90 Å². The van der Waals surface area contributed by atoms with Crippen molar-refractivity contribution in [2.75, 3.05) is 5.75 Å². The van der Waals surface area contributed by atoms with E-state index in [1.165, 1.54) is 0 Å². The molecule has 0 unspecified atom stereocenters. The molecule has 8 nitrogen and oxygen atoms in total. The zero-order valence-electron chi connectivity index (χ0n) is 24.4. The van der Waals surface area contributed by atoms with E-state index in [0.29, 0.717) is 24.3 Å². The lowest BCUT2D eigenvalue weighted by Crippen LogP contribution is -2.31. The molecule has 4 aromatic carbocycles. The van der Waals surface area contributed by atoms with Crippen LogP contribution in [0.1, 0.15) is 51.4 Å². The lowest BCUT2D eigenvalue weighted by Gasteiger charge is -2.36. The van der Waals surface area contributed by atoms with Crippen molar-refractivity contribution in [1.82, 2.24) is 20.1 Å². The minimum atomic E-state index is -0.550. The number of aryl methyl sites for hydroxylation is 1. The fraction of sp³-hybridized carbons (Fsp3) is 0.229. The van der Waals surface area contributed by atoms with Crippen LogP contribution in [0.2, 0.25) is 0 Å². The third-order valence-corrected chi connectivity index (χ3v) is 8.84. The number of amides is 1. The summed E-state index contributed by atoms with van der Waals surface area (Å²) in [6, 6.07) is 33.5. The predicted octanol–water partition coefficient (Wildman–Crippen LogP) is 6.24. The van der Waals surface area contributed by atoms with E-state index >= 15 is 0 Å². The van der Waals surface area contributed by atoms with E-state index in [1.807, 2.05) is 96.5 Å². The van der Waals surface area contributed by atoms with Crippen LogP contribution in [-0.2, 0) is 29.7 Å². The Labute approximate surface area is 261 Å². The molecule has 6 rings (SSSR count). The number of benzene rings is 4. The molecule has 0 radical (unpaired) electrons. The van der Waals surface area contributed by atoms with Crippen LogP contribution < -0.4 is 5.32 Å². The first-order valence-corrected chi connectivity index (χ1v) is 15.5. The Kier molecular flexibility index (Phi) is 9.48. The molecule has 224 valence electrons. The topological polar surface area (TPSA) is 98.5 Å². The molecule has 9 heteroatoms. The minimum absolute atomic E-state index is 0.00335. The second kappa shape index (κ2) is 14.0. The molecule has 0 aliphatic carbocycles. The van der Waals surface area contributed by atoms with Gasteiger partial charge >= 0.3 is 0 Å². The van der Waals surface area contributed by atoms with E-state index in [0.717, 1.165) is 38.5 Å². The molecule has 1 saturated heterocycles. The molecule has 1 amide bonds. The van der Waals surface area contributed by atoms with Gasteiger partial charge in [-0.25, -0.2) is 0 Å². The van der Waals surface area contributed by atoms with Gasteiger partial charge in [0.2, 0.25) is 0 Å². The Balaban J connectivity index is 1.19. The molecule has 2 N–H and O–H groups in total. The third kappa shape index (κ3) is 7.09. The van der Waals surface area contributed by atoms with Gasteiger partial charge in [0.1, 0.15) is 6.33 Å². The molecular formula is C35H34N4O4S. The number of carbonyl (C=O) groups excluding carboxylic acids is 1. The average molecular weight is 607 g/mol. The smallest absolute Gasteiger partial charge is 0.251 e. The monoisotopic (exact) mass is 606 g/mol. The molecule has 0 spiro atoms. The molecule has 1 aliphatic heterocycles. The number of hydrogen-bond donors (Lipinski definition) is 2. The van der Waals surface area contributed by atoms with Crippen LogP contribution in [0.4, 0.5) is 0 Å². The molecule has 1 fully saturated rings. The summed E-state index contributed by atoms with van der Waals surface area (Å²) < 4.78 is 14.9. The fourth-order valence-corrected chi connectivity index (χ4v) is 6.14. The van der Waals surface area contributed by atoms with Crippen molar-refractivity contribution >= 4 is 17.7 Å². The summed E-state index contributed by atoms with van der Waals surface area (Å²) >= 11 is 1.61. The van der Waals surface area contributed by atoms with Crippen molar-refractivity contribution in [1.29, 1.82) is 0 Å². The lowest BCUT2D eigenvalue weighted by atomic mass is 9.97. The van der Waals surface area contributed by atoms with Crippen LogP contribution >= 0.6 is 11.8 Å². The highest BCUT2D eigenvalue weighted by molar-refractivity contribution is 7.99. The molecule has 3 atom stereocenters. The first-order chi connectivity index (χ1) is 21.6. The van der Waals surface area contributed by atoms with Crippen LogP contribution in [0.5, 0.6) is 0 Å². The van der Waals surface area contributed by atoms with Crippen LogP contribution in [0.25, 0.3) is 11.1 Å². The van der Waals surface area contributed by atoms with Crippen molar-refractivity contribution in [3.63, 3.8) is 0 Å². The van der Waals surface area contributed by atoms with Crippen molar-refractivity contribution in [3.8, 4) is 11.1 Å². The summed E-state index contributed by atoms with van der Waals surface area (Å²) in [5.41, 5.74) is 6.60. The molecule has 1 aliphatic rings. The average Bonchev–Trinajstić information content (AvgIpc) is 3.51. The molecule has 0 bridgehead atoms. The second-order valence-corrected chi connectivity index (χ2v) is 11.7. The van der Waals surface area contributed by atoms with Crippen LogP contribution in [-0.4, -0.2) is 37.6 Å². The van der Waals surface area contributed by atoms with Gasteiger partial charge in [-0.05, 0) is 39.9 Å². The molecule has 2 heterocycles. The van der Waals surface area contributed by atoms with E-state index in [4.69, 9.17) is 9.47 Å². The van der Waals surface area contributed by atoms with Gasteiger partial charge in [0.25, 0.3) is 5.91 Å². The SMILES string of the molecule is Cn1cnnc1SC[C@H]1C[C@@H](c2ccc(CO)cc2)O[C@@H](c2ccc(-c3ccccc3CNC(=O)c3ccccc3)cc2)O1. The molecule has 1 aromatic heterocycles. The van der Waals surface area contributed by atoms with Crippen LogP contribution in [0.3, 0.4) is 0 Å². The summed E-state index contributed by atoms with van der Waals surface area (Å²) in [6.07, 6.45) is 1.59. The quantitative estimate of drug-likeness (QED) is 0.182. The number of aromatic nitrogens is 3. The van der Waals surface area contributed by atoms with Crippen molar-refractivity contribution < 1.29 is 19.4 Å². The number of carbonyl (C=O) groups is 1. The van der Waals surface area contributed by atoms with Crippen molar-refractivity contribution in [2.24, 2.45) is 7.05 Å². The first-order valence-electron chi connectivity index (χ1n) is 14.6. The van der Waals surface area contributed by atoms with E-state index < -0.39 is 6.29 Å². The van der Waals surface area contributed by atoms with Gasteiger partial charge in [0, 0.05) is 36.9 Å². The highest BCUT2D eigenvalue weighted by Gasteiger charge is 2.32. The Morgan fingerprint density at radius 1 is 0.932 bits per heavy atom. The zero-order chi connectivity index (χ0) is 30.3. The van der Waals surface area contributed by atoms with Gasteiger partial charge < -0.3 is 24.5 Å². The van der Waals surface area contributed by atoms with E-state index in [2.05, 4.69) is 33.7 Å². The van der Waals surface area contributed by atoms with Gasteiger partial charge in [0.15, 0.2) is 11.4 Å². The van der Waals surface area contributed by atoms with Gasteiger partial charge in [-0.1, -0.05) is 103 Å². The van der Waals surface area contributed by atoms with Gasteiger partial charge in [-0.3, -0.25) is 4.79 Å². The number of aliphatic hydroxyl groups is 1. The number of hydrogen-bond acceptors (Lipinski definition) is 7. The number of rotatable bonds is 10. The molecule has 0 saturated carbocycles. The fourth-order valence-electron chi connectivity index (χ4n) is 5.24. The van der Waals surface area contributed by atoms with E-state index in [-0.39, 0.29) is 24.7 Å². The Bertz CT molecular complexity index is 1680. The number of ether oxygens (including phenoxy) is 2. The Morgan fingerprint density at radius 3 is 2.39 bits per heavy atom. The number of aliphatic hydroxyl groups excluding tert-OH is 1. The summed E-state index contributed by atoms with van der Waals surface area (Å²) in [4.78, 5) is 12.6. The number of thioether (sulfide) groups is 1. The van der Waals surface area contributed by atoms with Crippen molar-refractivity contribution in [2.45, 2.75) is 43.2 Å². The van der Waals surface area contributed by atoms with Crippen LogP contribution in [0.15, 0.2) is 115 Å². The lowest BCUT2D eigenvalue weighted by molar-refractivity contribution is -0.245. The van der Waals surface area contributed by atoms with Crippen LogP contribution in [0, 0.1) is 0 Å². The van der Waals surface area contributed by atoms with Crippen molar-refractivity contribution in [3.05, 3.63) is 137 Å². The van der Waals surface area contributed by atoms with Gasteiger partial charge in [-0.2, -0.15) is 0 Å². The maximum atomic E-state index is 12.6. The standard InChI is InChI=1S/C35H34N4O4S/c1-39-23-37-38-35(39)44-22-30-19-32(26-13-11-24(21-40)12-14-26)43-34(42-30)28-17-15-25(16-18-28)31-10-6-5-9-29(31)20-36-33(41)27-7-3-2-4-8-27/h2-18,23,30,32,34,40H,19-22H2,1H3,(H,36,41)/t30-,32+,34+/m1/s1. The normalized spacial score (nSPS) is 18.2. The first kappa shape index (κ1) is 29.8. The number of nitrogens with zero attached hydrogens (tertiary/aromatic N) is 3. The van der Waals surface area contributed by atoms with Gasteiger partial charge in [0.05, 0.1) is 18.8 Å². The summed E-state index contributed by atoms with van der Waals surface area (Å²) in [7, 11) is 1.93. The predicted molar refractivity (Wildman–Crippen MR) is 170 cm³/mol. The molecule has 44 heavy (non-hydrogen) atoms. The van der Waals surface area contributed by atoms with E-state index in [1.54, 1.807) is 18.1 Å². The summed E-state index contributed by atoms with van der Waals surface area (Å²) in [5, 5.41) is 21.6. The maximum Gasteiger partial charge on any atom is 0.251 e. The molecular weight excluding hydrogens is 572 g/mol.